The summed E-state index contributed by atoms with van der Waals surface area (Å²) in [5.41, 5.74) is 1.55. The van der Waals surface area contributed by atoms with Crippen molar-refractivity contribution in [1.82, 2.24) is 9.88 Å². The first-order chi connectivity index (χ1) is 6.65. The number of hydrogen-bond donors (Lipinski definition) is 1. The smallest absolute Gasteiger partial charge is 0.136 e. The number of hydrogen-bond acceptors (Lipinski definition) is 3. The van der Waals surface area contributed by atoms with Gasteiger partial charge >= 0.3 is 0 Å². The molecular formula is C11H15N3. The Hall–Kier alpha value is -1.53. The van der Waals surface area contributed by atoms with Crippen molar-refractivity contribution in [2.45, 2.75) is 13.1 Å². The van der Waals surface area contributed by atoms with E-state index in [-0.39, 0.29) is 6.17 Å². The SMILES string of the molecule is C#Cc1ncccc1NC(C)N(C)C. The highest BCUT2D eigenvalue weighted by atomic mass is 15.2. The molecule has 1 aromatic rings. The van der Waals surface area contributed by atoms with Crippen LogP contribution in [0.3, 0.4) is 0 Å². The van der Waals surface area contributed by atoms with E-state index in [0.29, 0.717) is 5.69 Å². The standard InChI is InChI=1S/C11H15N3/c1-5-10-11(7-6-8-12-10)13-9(2)14(3)4/h1,6-9,13H,2-4H3. The number of nitrogens with one attached hydrogen (secondary N) is 1. The molecule has 74 valence electrons. The topological polar surface area (TPSA) is 28.2 Å². The lowest BCUT2D eigenvalue weighted by Gasteiger charge is -2.22. The second kappa shape index (κ2) is 4.64. The fourth-order valence-electron chi connectivity index (χ4n) is 0.991. The van der Waals surface area contributed by atoms with Crippen LogP contribution < -0.4 is 5.32 Å². The third-order valence-electron chi connectivity index (χ3n) is 2.08. The van der Waals surface area contributed by atoms with Crippen LogP contribution in [-0.4, -0.2) is 30.1 Å². The van der Waals surface area contributed by atoms with E-state index in [1.54, 1.807) is 6.20 Å². The van der Waals surface area contributed by atoms with Gasteiger partial charge < -0.3 is 5.32 Å². The molecule has 0 saturated heterocycles. The van der Waals surface area contributed by atoms with E-state index in [0.717, 1.165) is 5.69 Å². The van der Waals surface area contributed by atoms with E-state index in [4.69, 9.17) is 6.42 Å². The maximum absolute atomic E-state index is 5.34. The Morgan fingerprint density at radius 1 is 1.57 bits per heavy atom. The summed E-state index contributed by atoms with van der Waals surface area (Å²) in [5, 5.41) is 3.28. The van der Waals surface area contributed by atoms with Crippen LogP contribution in [0.15, 0.2) is 18.3 Å². The predicted molar refractivity (Wildman–Crippen MR) is 58.9 cm³/mol. The molecule has 3 heteroatoms. The van der Waals surface area contributed by atoms with E-state index >= 15 is 0 Å². The van der Waals surface area contributed by atoms with Crippen molar-refractivity contribution in [1.29, 1.82) is 0 Å². The van der Waals surface area contributed by atoms with Gasteiger partial charge in [0.2, 0.25) is 0 Å². The number of terminal acetylenes is 1. The molecule has 1 aromatic heterocycles. The van der Waals surface area contributed by atoms with E-state index in [1.807, 2.05) is 26.2 Å². The van der Waals surface area contributed by atoms with Crippen LogP contribution in [0.4, 0.5) is 5.69 Å². The molecule has 0 fully saturated rings. The zero-order valence-corrected chi connectivity index (χ0v) is 8.78. The number of anilines is 1. The van der Waals surface area contributed by atoms with Crippen molar-refractivity contribution in [3.05, 3.63) is 24.0 Å². The summed E-state index contributed by atoms with van der Waals surface area (Å²) in [5.74, 6) is 2.55. The molecule has 14 heavy (non-hydrogen) atoms. The molecule has 0 aliphatic carbocycles. The summed E-state index contributed by atoms with van der Waals surface area (Å²) in [6, 6.07) is 3.80. The Bertz CT molecular complexity index is 339. The van der Waals surface area contributed by atoms with Gasteiger partial charge in [-0.3, -0.25) is 4.90 Å². The highest BCUT2D eigenvalue weighted by molar-refractivity contribution is 5.54. The van der Waals surface area contributed by atoms with E-state index in [1.165, 1.54) is 0 Å². The van der Waals surface area contributed by atoms with Crippen LogP contribution in [0.1, 0.15) is 12.6 Å². The number of rotatable bonds is 3. The first-order valence-electron chi connectivity index (χ1n) is 4.49. The van der Waals surface area contributed by atoms with E-state index in [9.17, 15) is 0 Å². The third kappa shape index (κ3) is 2.48. The monoisotopic (exact) mass is 189 g/mol. The lowest BCUT2D eigenvalue weighted by atomic mass is 10.3. The number of aromatic nitrogens is 1. The molecule has 0 saturated carbocycles. The van der Waals surface area contributed by atoms with Crippen LogP contribution >= 0.6 is 0 Å². The zero-order valence-electron chi connectivity index (χ0n) is 8.78. The molecule has 0 bridgehead atoms. The second-order valence-electron chi connectivity index (χ2n) is 3.33. The summed E-state index contributed by atoms with van der Waals surface area (Å²) < 4.78 is 0. The molecule has 0 aliphatic rings. The first kappa shape index (κ1) is 10.6. The normalized spacial score (nSPS) is 12.2. The molecule has 0 radical (unpaired) electrons. The second-order valence-corrected chi connectivity index (χ2v) is 3.33. The summed E-state index contributed by atoms with van der Waals surface area (Å²) in [7, 11) is 4.01. The van der Waals surface area contributed by atoms with Gasteiger partial charge in [0, 0.05) is 6.20 Å². The Balaban J connectivity index is 2.82. The lowest BCUT2D eigenvalue weighted by Crippen LogP contribution is -2.32. The third-order valence-corrected chi connectivity index (χ3v) is 2.08. The van der Waals surface area contributed by atoms with Crippen molar-refractivity contribution in [2.75, 3.05) is 19.4 Å². The fourth-order valence-corrected chi connectivity index (χ4v) is 0.991. The average Bonchev–Trinajstić information content (AvgIpc) is 2.18. The fraction of sp³-hybridized carbons (Fsp3) is 0.364. The van der Waals surface area contributed by atoms with Gasteiger partial charge in [0.1, 0.15) is 5.69 Å². The molecule has 1 rings (SSSR count). The lowest BCUT2D eigenvalue weighted by molar-refractivity contribution is 0.343. The van der Waals surface area contributed by atoms with Gasteiger partial charge in [-0.15, -0.1) is 6.42 Å². The van der Waals surface area contributed by atoms with Crippen molar-refractivity contribution >= 4 is 5.69 Å². The van der Waals surface area contributed by atoms with Crippen LogP contribution in [-0.2, 0) is 0 Å². The van der Waals surface area contributed by atoms with E-state index in [2.05, 4.69) is 28.0 Å². The van der Waals surface area contributed by atoms with Crippen molar-refractivity contribution in [2.24, 2.45) is 0 Å². The van der Waals surface area contributed by atoms with Crippen molar-refractivity contribution in [3.63, 3.8) is 0 Å². The summed E-state index contributed by atoms with van der Waals surface area (Å²) >= 11 is 0. The quantitative estimate of drug-likeness (QED) is 0.575. The highest BCUT2D eigenvalue weighted by Crippen LogP contribution is 2.12. The van der Waals surface area contributed by atoms with Crippen molar-refractivity contribution < 1.29 is 0 Å². The van der Waals surface area contributed by atoms with Crippen molar-refractivity contribution in [3.8, 4) is 12.3 Å². The van der Waals surface area contributed by atoms with Crippen LogP contribution in [0.2, 0.25) is 0 Å². The number of nitrogens with zero attached hydrogens (tertiary/aromatic N) is 2. The molecular weight excluding hydrogens is 174 g/mol. The van der Waals surface area contributed by atoms with E-state index < -0.39 is 0 Å². The molecule has 1 atom stereocenters. The maximum atomic E-state index is 5.34. The molecule has 0 aliphatic heterocycles. The summed E-state index contributed by atoms with van der Waals surface area (Å²) in [6.07, 6.45) is 7.26. The summed E-state index contributed by atoms with van der Waals surface area (Å²) in [6.45, 7) is 2.06. The average molecular weight is 189 g/mol. The van der Waals surface area contributed by atoms with Gasteiger partial charge in [0.05, 0.1) is 11.9 Å². The molecule has 3 nitrogen and oxygen atoms in total. The molecule has 0 aromatic carbocycles. The van der Waals surface area contributed by atoms with Crippen LogP contribution in [0, 0.1) is 12.3 Å². The molecule has 0 amide bonds. The van der Waals surface area contributed by atoms with Crippen LogP contribution in [0.5, 0.6) is 0 Å². The Morgan fingerprint density at radius 2 is 2.29 bits per heavy atom. The number of pyridine rings is 1. The minimum atomic E-state index is 0.228. The van der Waals surface area contributed by atoms with Gasteiger partial charge in [-0.25, -0.2) is 4.98 Å². The minimum absolute atomic E-state index is 0.228. The zero-order chi connectivity index (χ0) is 10.6. The summed E-state index contributed by atoms with van der Waals surface area (Å²) in [4.78, 5) is 6.16. The Kier molecular flexibility index (Phi) is 3.49. The Labute approximate surface area is 85.1 Å². The minimum Gasteiger partial charge on any atom is -0.368 e. The van der Waals surface area contributed by atoms with Crippen LogP contribution in [0.25, 0.3) is 0 Å². The molecule has 1 unspecified atom stereocenters. The first-order valence-corrected chi connectivity index (χ1v) is 4.49. The molecule has 1 N–H and O–H groups in total. The van der Waals surface area contributed by atoms with Gasteiger partial charge in [-0.2, -0.15) is 0 Å². The van der Waals surface area contributed by atoms with Gasteiger partial charge in [-0.05, 0) is 39.1 Å². The Morgan fingerprint density at radius 3 is 2.86 bits per heavy atom. The predicted octanol–water partition coefficient (Wildman–Crippen LogP) is 1.38. The largest absolute Gasteiger partial charge is 0.368 e. The molecule has 0 spiro atoms. The van der Waals surface area contributed by atoms with Gasteiger partial charge in [-0.1, -0.05) is 0 Å². The highest BCUT2D eigenvalue weighted by Gasteiger charge is 2.06. The maximum Gasteiger partial charge on any atom is 0.136 e. The molecule has 1 heterocycles. The van der Waals surface area contributed by atoms with Gasteiger partial charge in [0.15, 0.2) is 0 Å². The van der Waals surface area contributed by atoms with Gasteiger partial charge in [0.25, 0.3) is 0 Å².